The van der Waals surface area contributed by atoms with Crippen molar-refractivity contribution in [2.75, 3.05) is 21.3 Å². The highest BCUT2D eigenvalue weighted by Crippen LogP contribution is 2.41. The Kier molecular flexibility index (Phi) is 9.87. The van der Waals surface area contributed by atoms with Gasteiger partial charge < -0.3 is 29.4 Å². The Morgan fingerprint density at radius 3 is 2.26 bits per heavy atom. The normalized spacial score (nSPS) is 14.2. The number of ether oxygens (including phenoxy) is 3. The van der Waals surface area contributed by atoms with E-state index in [0.717, 1.165) is 47.7 Å². The average molecular weight is 584 g/mol. The van der Waals surface area contributed by atoms with Gasteiger partial charge in [-0.05, 0) is 54.2 Å². The molecule has 0 bridgehead atoms. The Morgan fingerprint density at radius 2 is 1.58 bits per heavy atom. The molecule has 1 aromatic heterocycles. The lowest BCUT2D eigenvalue weighted by Gasteiger charge is -2.34. The monoisotopic (exact) mass is 583 g/mol. The molecule has 0 spiro atoms. The first-order valence-corrected chi connectivity index (χ1v) is 15.0. The van der Waals surface area contributed by atoms with Crippen molar-refractivity contribution in [2.24, 2.45) is 0 Å². The molecule has 4 aromatic rings. The van der Waals surface area contributed by atoms with Crippen molar-refractivity contribution < 1.29 is 23.8 Å². The van der Waals surface area contributed by atoms with Gasteiger partial charge in [-0.3, -0.25) is 9.59 Å². The van der Waals surface area contributed by atoms with Gasteiger partial charge in [-0.1, -0.05) is 67.8 Å². The third-order valence-electron chi connectivity index (χ3n) is 8.31. The molecule has 1 heterocycles. The predicted octanol–water partition coefficient (Wildman–Crippen LogP) is 6.35. The predicted molar refractivity (Wildman–Crippen MR) is 167 cm³/mol. The third kappa shape index (κ3) is 6.96. The molecule has 1 aliphatic carbocycles. The van der Waals surface area contributed by atoms with E-state index in [0.29, 0.717) is 29.2 Å². The van der Waals surface area contributed by atoms with Crippen LogP contribution in [0, 0.1) is 0 Å². The fourth-order valence-corrected chi connectivity index (χ4v) is 6.09. The maximum atomic E-state index is 14.3. The zero-order valence-electron chi connectivity index (χ0n) is 25.2. The van der Waals surface area contributed by atoms with E-state index >= 15 is 0 Å². The number of hydrogen-bond donors (Lipinski definition) is 2. The zero-order valence-corrected chi connectivity index (χ0v) is 25.2. The summed E-state index contributed by atoms with van der Waals surface area (Å²) < 4.78 is 16.9. The van der Waals surface area contributed by atoms with Crippen LogP contribution in [-0.2, 0) is 22.6 Å². The van der Waals surface area contributed by atoms with Crippen LogP contribution in [0.2, 0.25) is 0 Å². The van der Waals surface area contributed by atoms with Gasteiger partial charge in [0, 0.05) is 36.1 Å². The van der Waals surface area contributed by atoms with Crippen LogP contribution in [-0.4, -0.2) is 49.1 Å². The lowest BCUT2D eigenvalue weighted by atomic mass is 9.94. The van der Waals surface area contributed by atoms with Crippen LogP contribution in [0.15, 0.2) is 72.9 Å². The number of carbonyl (C=O) groups is 2. The van der Waals surface area contributed by atoms with Crippen molar-refractivity contribution >= 4 is 22.7 Å². The molecule has 1 aliphatic rings. The van der Waals surface area contributed by atoms with Gasteiger partial charge in [-0.2, -0.15) is 0 Å². The lowest BCUT2D eigenvalue weighted by molar-refractivity contribution is -0.142. The minimum absolute atomic E-state index is 0.0747. The number of amides is 2. The first kappa shape index (κ1) is 30.0. The molecule has 43 heavy (non-hydrogen) atoms. The zero-order chi connectivity index (χ0) is 30.2. The molecule has 226 valence electrons. The molecule has 3 aromatic carbocycles. The highest BCUT2D eigenvalue weighted by molar-refractivity contribution is 5.90. The maximum absolute atomic E-state index is 14.3. The number of rotatable bonds is 12. The molecule has 1 fully saturated rings. The molecule has 2 N–H and O–H groups in total. The number of hydrogen-bond acceptors (Lipinski definition) is 5. The van der Waals surface area contributed by atoms with E-state index in [-0.39, 0.29) is 30.8 Å². The first-order valence-electron chi connectivity index (χ1n) is 15.0. The number of nitrogens with one attached hydrogen (secondary N) is 2. The molecule has 0 aliphatic heterocycles. The molecule has 0 saturated heterocycles. The van der Waals surface area contributed by atoms with E-state index in [4.69, 9.17) is 14.2 Å². The maximum Gasteiger partial charge on any atom is 0.247 e. The van der Waals surface area contributed by atoms with Gasteiger partial charge in [0.05, 0.1) is 21.3 Å². The van der Waals surface area contributed by atoms with Crippen molar-refractivity contribution in [3.63, 3.8) is 0 Å². The van der Waals surface area contributed by atoms with Gasteiger partial charge in [0.2, 0.25) is 17.6 Å². The van der Waals surface area contributed by atoms with Crippen molar-refractivity contribution in [2.45, 2.75) is 63.6 Å². The molecule has 5 rings (SSSR count). The summed E-state index contributed by atoms with van der Waals surface area (Å²) in [5.41, 5.74) is 3.64. The second-order valence-corrected chi connectivity index (χ2v) is 11.1. The number of fused-ring (bicyclic) bond motifs is 1. The molecule has 1 atom stereocenters. The number of aromatic amines is 1. The second kappa shape index (κ2) is 14.1. The molecule has 8 heteroatoms. The summed E-state index contributed by atoms with van der Waals surface area (Å²) in [4.78, 5) is 33.6. The van der Waals surface area contributed by atoms with E-state index in [1.807, 2.05) is 54.7 Å². The van der Waals surface area contributed by atoms with Gasteiger partial charge in [-0.25, -0.2) is 0 Å². The van der Waals surface area contributed by atoms with Crippen LogP contribution in [0.3, 0.4) is 0 Å². The summed E-state index contributed by atoms with van der Waals surface area (Å²) in [6.45, 7) is 0.271. The Labute approximate surface area is 253 Å². The number of H-pyrrole nitrogens is 1. The quantitative estimate of drug-likeness (QED) is 0.203. The molecule has 1 saturated carbocycles. The molecular weight excluding hydrogens is 542 g/mol. The SMILES string of the molecule is COc1cc(C(C(=O)NC2CCCCC2)N(Cc2ccccc2)C(=O)CCc2c[nH]c3ccccc23)cc(OC)c1OC. The van der Waals surface area contributed by atoms with Gasteiger partial charge in [0.1, 0.15) is 6.04 Å². The topological polar surface area (TPSA) is 92.9 Å². The summed E-state index contributed by atoms with van der Waals surface area (Å²) in [5.74, 6) is 0.959. The number of para-hydroxylation sites is 1. The number of methoxy groups -OCH3 is 3. The van der Waals surface area contributed by atoms with Crippen molar-refractivity contribution in [3.05, 3.63) is 89.6 Å². The Hall–Kier alpha value is -4.46. The summed E-state index contributed by atoms with van der Waals surface area (Å²) in [7, 11) is 4.64. The number of benzene rings is 3. The van der Waals surface area contributed by atoms with Crippen LogP contribution in [0.5, 0.6) is 17.2 Å². The van der Waals surface area contributed by atoms with Crippen molar-refractivity contribution in [1.29, 1.82) is 0 Å². The van der Waals surface area contributed by atoms with Crippen LogP contribution in [0.1, 0.15) is 61.3 Å². The fourth-order valence-electron chi connectivity index (χ4n) is 6.09. The van der Waals surface area contributed by atoms with Crippen LogP contribution in [0.25, 0.3) is 10.9 Å². The van der Waals surface area contributed by atoms with Crippen molar-refractivity contribution in [3.8, 4) is 17.2 Å². The van der Waals surface area contributed by atoms with Gasteiger partial charge in [0.15, 0.2) is 11.5 Å². The Morgan fingerprint density at radius 1 is 0.907 bits per heavy atom. The second-order valence-electron chi connectivity index (χ2n) is 11.1. The largest absolute Gasteiger partial charge is 0.493 e. The van der Waals surface area contributed by atoms with Crippen LogP contribution >= 0.6 is 0 Å². The number of aryl methyl sites for hydroxylation is 1. The van der Waals surface area contributed by atoms with E-state index in [1.54, 1.807) is 38.4 Å². The highest BCUT2D eigenvalue weighted by Gasteiger charge is 2.34. The summed E-state index contributed by atoms with van der Waals surface area (Å²) >= 11 is 0. The van der Waals surface area contributed by atoms with E-state index in [9.17, 15) is 9.59 Å². The van der Waals surface area contributed by atoms with Crippen LogP contribution in [0.4, 0.5) is 0 Å². The molecule has 2 amide bonds. The molecule has 0 radical (unpaired) electrons. The first-order chi connectivity index (χ1) is 21.0. The minimum Gasteiger partial charge on any atom is -0.493 e. The highest BCUT2D eigenvalue weighted by atomic mass is 16.5. The van der Waals surface area contributed by atoms with Crippen molar-refractivity contribution in [1.82, 2.24) is 15.2 Å². The lowest BCUT2D eigenvalue weighted by Crippen LogP contribution is -2.47. The Bertz CT molecular complexity index is 1500. The van der Waals surface area contributed by atoms with Gasteiger partial charge >= 0.3 is 0 Å². The molecule has 1 unspecified atom stereocenters. The Balaban J connectivity index is 1.54. The molecule has 8 nitrogen and oxygen atoms in total. The smallest absolute Gasteiger partial charge is 0.247 e. The van der Waals surface area contributed by atoms with E-state index in [1.165, 1.54) is 6.42 Å². The van der Waals surface area contributed by atoms with Gasteiger partial charge in [0.25, 0.3) is 0 Å². The standard InChI is InChI=1S/C35H41N3O5/c1-41-30-20-26(21-31(42-2)34(30)43-3)33(35(40)37-27-14-8-5-9-15-27)38(23-24-12-6-4-7-13-24)32(39)19-18-25-22-36-29-17-11-10-16-28(25)29/h4,6-7,10-13,16-17,20-22,27,33,36H,5,8-9,14-15,18-19,23H2,1-3H3,(H,37,40). The summed E-state index contributed by atoms with van der Waals surface area (Å²) in [6, 6.07) is 20.6. The average Bonchev–Trinajstić information content (AvgIpc) is 3.46. The number of aromatic nitrogens is 1. The van der Waals surface area contributed by atoms with Crippen LogP contribution < -0.4 is 19.5 Å². The third-order valence-corrected chi connectivity index (χ3v) is 8.31. The fraction of sp³-hybridized carbons (Fsp3) is 0.371. The minimum atomic E-state index is -0.911. The number of carbonyl (C=O) groups excluding carboxylic acids is 2. The summed E-state index contributed by atoms with van der Waals surface area (Å²) in [6.07, 6.45) is 7.95. The summed E-state index contributed by atoms with van der Waals surface area (Å²) in [5, 5.41) is 4.38. The van der Waals surface area contributed by atoms with Gasteiger partial charge in [-0.15, -0.1) is 0 Å². The number of nitrogens with zero attached hydrogens (tertiary/aromatic N) is 1. The van der Waals surface area contributed by atoms with E-state index < -0.39 is 6.04 Å². The van der Waals surface area contributed by atoms with E-state index in [2.05, 4.69) is 16.4 Å². The molecular formula is C35H41N3O5.